The van der Waals surface area contributed by atoms with Crippen molar-refractivity contribution in [2.45, 2.75) is 6.92 Å². The van der Waals surface area contributed by atoms with Crippen LogP contribution in [0.15, 0.2) is 36.4 Å². The van der Waals surface area contributed by atoms with E-state index in [2.05, 4.69) is 4.98 Å². The number of aromatic amines is 1. The highest BCUT2D eigenvalue weighted by atomic mass is 35.5. The summed E-state index contributed by atoms with van der Waals surface area (Å²) in [5.41, 5.74) is 2.66. The summed E-state index contributed by atoms with van der Waals surface area (Å²) in [6.45, 7) is 2.54. The molecule has 108 valence electrons. The third-order valence-corrected chi connectivity index (χ3v) is 4.17. The maximum atomic E-state index is 6.10. The maximum Gasteiger partial charge on any atom is 0.182 e. The molecule has 0 bridgehead atoms. The van der Waals surface area contributed by atoms with Crippen LogP contribution in [0.1, 0.15) is 6.92 Å². The number of ether oxygens (including phenoxy) is 1. The molecule has 0 fully saturated rings. The SMILES string of the molecule is CCOc1cccc2c1[nH]c(=S)n2-c1ccc(Cl)c(Cl)c1. The average Bonchev–Trinajstić information content (AvgIpc) is 2.80. The summed E-state index contributed by atoms with van der Waals surface area (Å²) < 4.78 is 8.12. The van der Waals surface area contributed by atoms with Gasteiger partial charge in [-0.3, -0.25) is 4.57 Å². The molecule has 0 saturated carbocycles. The summed E-state index contributed by atoms with van der Waals surface area (Å²) in [7, 11) is 0. The van der Waals surface area contributed by atoms with Crippen LogP contribution in [0.2, 0.25) is 10.0 Å². The number of H-pyrrole nitrogens is 1. The standard InChI is InChI=1S/C15H12Cl2N2OS/c1-2-20-13-5-3-4-12-14(13)18-15(21)19(12)9-6-7-10(16)11(17)8-9/h3-8H,2H2,1H3,(H,18,21). The number of halogens is 2. The van der Waals surface area contributed by atoms with Crippen LogP contribution in [-0.2, 0) is 0 Å². The van der Waals surface area contributed by atoms with E-state index in [0.717, 1.165) is 22.5 Å². The van der Waals surface area contributed by atoms with E-state index in [0.29, 0.717) is 21.4 Å². The summed E-state index contributed by atoms with van der Waals surface area (Å²) in [4.78, 5) is 3.19. The third-order valence-electron chi connectivity index (χ3n) is 3.14. The summed E-state index contributed by atoms with van der Waals surface area (Å²) in [6.07, 6.45) is 0. The molecule has 1 heterocycles. The fourth-order valence-electron chi connectivity index (χ4n) is 2.26. The molecule has 0 amide bonds. The second-order valence-electron chi connectivity index (χ2n) is 4.45. The largest absolute Gasteiger partial charge is 0.492 e. The van der Waals surface area contributed by atoms with Gasteiger partial charge in [-0.15, -0.1) is 0 Å². The number of hydrogen-bond acceptors (Lipinski definition) is 2. The Morgan fingerprint density at radius 3 is 2.71 bits per heavy atom. The number of imidazole rings is 1. The first-order valence-corrected chi connectivity index (χ1v) is 7.60. The molecule has 0 aliphatic carbocycles. The van der Waals surface area contributed by atoms with Gasteiger partial charge in [-0.25, -0.2) is 0 Å². The van der Waals surface area contributed by atoms with Gasteiger partial charge < -0.3 is 9.72 Å². The molecule has 0 unspecified atom stereocenters. The number of nitrogens with zero attached hydrogens (tertiary/aromatic N) is 1. The lowest BCUT2D eigenvalue weighted by atomic mass is 10.2. The number of hydrogen-bond donors (Lipinski definition) is 1. The Kier molecular flexibility index (Phi) is 3.93. The molecule has 6 heteroatoms. The quantitative estimate of drug-likeness (QED) is 0.648. The highest BCUT2D eigenvalue weighted by Gasteiger charge is 2.11. The van der Waals surface area contributed by atoms with Gasteiger partial charge in [-0.05, 0) is 49.5 Å². The van der Waals surface area contributed by atoms with E-state index in [1.165, 1.54) is 0 Å². The topological polar surface area (TPSA) is 29.9 Å². The zero-order valence-electron chi connectivity index (χ0n) is 11.2. The summed E-state index contributed by atoms with van der Waals surface area (Å²) in [6, 6.07) is 11.3. The van der Waals surface area contributed by atoms with Crippen molar-refractivity contribution in [2.24, 2.45) is 0 Å². The van der Waals surface area contributed by atoms with E-state index >= 15 is 0 Å². The van der Waals surface area contributed by atoms with Gasteiger partial charge in [0, 0.05) is 0 Å². The molecule has 1 N–H and O–H groups in total. The molecule has 2 aromatic carbocycles. The van der Waals surface area contributed by atoms with Gasteiger partial charge in [0.15, 0.2) is 4.77 Å². The van der Waals surface area contributed by atoms with Crippen molar-refractivity contribution in [2.75, 3.05) is 6.61 Å². The monoisotopic (exact) mass is 338 g/mol. The Morgan fingerprint density at radius 1 is 1.19 bits per heavy atom. The first-order valence-electron chi connectivity index (χ1n) is 6.43. The van der Waals surface area contributed by atoms with E-state index in [9.17, 15) is 0 Å². The van der Waals surface area contributed by atoms with E-state index in [1.807, 2.05) is 35.8 Å². The van der Waals surface area contributed by atoms with E-state index in [4.69, 9.17) is 40.2 Å². The fraction of sp³-hybridized carbons (Fsp3) is 0.133. The molecule has 0 aliphatic heterocycles. The van der Waals surface area contributed by atoms with Crippen molar-refractivity contribution in [3.05, 3.63) is 51.2 Å². The van der Waals surface area contributed by atoms with Crippen molar-refractivity contribution in [3.63, 3.8) is 0 Å². The van der Waals surface area contributed by atoms with E-state index in [-0.39, 0.29) is 0 Å². The van der Waals surface area contributed by atoms with Gasteiger partial charge in [0.2, 0.25) is 0 Å². The molecule has 0 spiro atoms. The van der Waals surface area contributed by atoms with Crippen LogP contribution in [-0.4, -0.2) is 16.2 Å². The highest BCUT2D eigenvalue weighted by Crippen LogP contribution is 2.30. The van der Waals surface area contributed by atoms with Crippen LogP contribution in [0, 0.1) is 4.77 Å². The summed E-state index contributed by atoms with van der Waals surface area (Å²) >= 11 is 17.5. The molecule has 0 radical (unpaired) electrons. The van der Waals surface area contributed by atoms with Crippen molar-refractivity contribution >= 4 is 46.5 Å². The molecule has 3 nitrogen and oxygen atoms in total. The maximum absolute atomic E-state index is 6.10. The van der Waals surface area contributed by atoms with E-state index < -0.39 is 0 Å². The number of nitrogens with one attached hydrogen (secondary N) is 1. The van der Waals surface area contributed by atoms with Crippen LogP contribution >= 0.6 is 35.4 Å². The molecule has 0 atom stereocenters. The summed E-state index contributed by atoms with van der Waals surface area (Å²) in [5, 5.41) is 1.01. The minimum atomic E-state index is 0.492. The molecule has 3 aromatic rings. The molecule has 1 aromatic heterocycles. The molecule has 0 saturated heterocycles. The van der Waals surface area contributed by atoms with Crippen molar-refractivity contribution in [3.8, 4) is 11.4 Å². The molecular weight excluding hydrogens is 327 g/mol. The minimum absolute atomic E-state index is 0.492. The second-order valence-corrected chi connectivity index (χ2v) is 5.65. The number of rotatable bonds is 3. The van der Waals surface area contributed by atoms with Gasteiger partial charge in [0.25, 0.3) is 0 Å². The van der Waals surface area contributed by atoms with Gasteiger partial charge in [0.05, 0.1) is 27.9 Å². The second kappa shape index (κ2) is 5.72. The average molecular weight is 339 g/mol. The molecule has 3 rings (SSSR count). The predicted octanol–water partition coefficient (Wildman–Crippen LogP) is 5.39. The number of fused-ring (bicyclic) bond motifs is 1. The zero-order chi connectivity index (χ0) is 15.0. The van der Waals surface area contributed by atoms with Crippen molar-refractivity contribution in [1.82, 2.24) is 9.55 Å². The van der Waals surface area contributed by atoms with Gasteiger partial charge >= 0.3 is 0 Å². The lowest BCUT2D eigenvalue weighted by Crippen LogP contribution is -1.95. The predicted molar refractivity (Wildman–Crippen MR) is 89.6 cm³/mol. The Bertz CT molecular complexity index is 870. The number of aromatic nitrogens is 2. The molecular formula is C15H12Cl2N2OS. The first-order chi connectivity index (χ1) is 10.1. The van der Waals surface area contributed by atoms with Gasteiger partial charge in [0.1, 0.15) is 11.3 Å². The van der Waals surface area contributed by atoms with Crippen LogP contribution in [0.5, 0.6) is 5.75 Å². The van der Waals surface area contributed by atoms with Crippen molar-refractivity contribution in [1.29, 1.82) is 0 Å². The van der Waals surface area contributed by atoms with Crippen LogP contribution in [0.25, 0.3) is 16.7 Å². The number of para-hydroxylation sites is 1. The third kappa shape index (κ3) is 2.55. The zero-order valence-corrected chi connectivity index (χ0v) is 13.5. The molecule has 0 aliphatic rings. The Hall–Kier alpha value is -1.49. The normalized spacial score (nSPS) is 11.0. The van der Waals surface area contributed by atoms with Crippen molar-refractivity contribution < 1.29 is 4.74 Å². The molecule has 21 heavy (non-hydrogen) atoms. The summed E-state index contributed by atoms with van der Waals surface area (Å²) in [5.74, 6) is 0.778. The smallest absolute Gasteiger partial charge is 0.182 e. The van der Waals surface area contributed by atoms with Crippen LogP contribution in [0.4, 0.5) is 0 Å². The minimum Gasteiger partial charge on any atom is -0.492 e. The van der Waals surface area contributed by atoms with Gasteiger partial charge in [-0.1, -0.05) is 29.3 Å². The first kappa shape index (κ1) is 14.4. The van der Waals surface area contributed by atoms with E-state index in [1.54, 1.807) is 12.1 Å². The lowest BCUT2D eigenvalue weighted by molar-refractivity contribution is 0.343. The van der Waals surface area contributed by atoms with Gasteiger partial charge in [-0.2, -0.15) is 0 Å². The fourth-order valence-corrected chi connectivity index (χ4v) is 2.86. The Morgan fingerprint density at radius 2 is 2.00 bits per heavy atom. The Labute approximate surface area is 137 Å². The highest BCUT2D eigenvalue weighted by molar-refractivity contribution is 7.71. The Balaban J connectivity index is 2.27. The lowest BCUT2D eigenvalue weighted by Gasteiger charge is -2.07. The van der Waals surface area contributed by atoms with Crippen LogP contribution < -0.4 is 4.74 Å². The van der Waals surface area contributed by atoms with Crippen LogP contribution in [0.3, 0.4) is 0 Å². The number of benzene rings is 2.